The Morgan fingerprint density at radius 3 is 2.57 bits per heavy atom. The second kappa shape index (κ2) is 8.36. The van der Waals surface area contributed by atoms with Crippen LogP contribution in [0.2, 0.25) is 0 Å². The molecule has 3 unspecified atom stereocenters. The van der Waals surface area contributed by atoms with Crippen molar-refractivity contribution in [3.05, 3.63) is 72.0 Å². The average molecular weight is 402 g/mol. The van der Waals surface area contributed by atoms with Crippen molar-refractivity contribution in [2.75, 3.05) is 26.7 Å². The molecule has 0 spiro atoms. The van der Waals surface area contributed by atoms with Gasteiger partial charge in [-0.05, 0) is 72.8 Å². The van der Waals surface area contributed by atoms with E-state index in [9.17, 15) is 0 Å². The number of nitrogens with zero attached hydrogens (tertiary/aromatic N) is 2. The third-order valence-corrected chi connectivity index (χ3v) is 6.13. The van der Waals surface area contributed by atoms with Crippen LogP contribution in [0.15, 0.2) is 65.2 Å². The molecule has 154 valence electrons. The number of rotatable bonds is 7. The first kappa shape index (κ1) is 18.9. The Hall–Kier alpha value is -3.05. The van der Waals surface area contributed by atoms with Crippen molar-refractivity contribution in [1.29, 1.82) is 0 Å². The standard InChI is InChI=1S/C25H26N2O3/c1-28-22-7-2-18(3-8-22)17-29-23-9-4-19(5-10-23)25-14-24(30-26-25)11-6-20-15-27-13-12-21(20)16-27/h2-11,14,20-21H,12-13,15-17H2,1H3. The Balaban J connectivity index is 1.18. The molecule has 30 heavy (non-hydrogen) atoms. The normalized spacial score (nSPS) is 22.6. The molecule has 0 radical (unpaired) electrons. The molecule has 2 bridgehead atoms. The SMILES string of the molecule is COc1ccc(COc2ccc(-c3cc(C=CC4CN5CCC4C5)on3)cc2)cc1. The summed E-state index contributed by atoms with van der Waals surface area (Å²) in [7, 11) is 1.67. The molecule has 3 atom stereocenters. The Labute approximate surface area is 176 Å². The Morgan fingerprint density at radius 1 is 1.07 bits per heavy atom. The van der Waals surface area contributed by atoms with Crippen molar-refractivity contribution in [2.24, 2.45) is 11.8 Å². The van der Waals surface area contributed by atoms with Crippen LogP contribution in [0, 0.1) is 11.8 Å². The van der Waals surface area contributed by atoms with E-state index in [1.165, 1.54) is 26.1 Å². The van der Waals surface area contributed by atoms with Crippen molar-refractivity contribution in [2.45, 2.75) is 13.0 Å². The lowest BCUT2D eigenvalue weighted by Crippen LogP contribution is -2.21. The first-order valence-electron chi connectivity index (χ1n) is 10.5. The van der Waals surface area contributed by atoms with Gasteiger partial charge < -0.3 is 18.9 Å². The lowest BCUT2D eigenvalue weighted by atomic mass is 9.92. The molecule has 0 saturated carbocycles. The van der Waals surface area contributed by atoms with Crippen LogP contribution in [-0.4, -0.2) is 36.8 Å². The molecule has 5 nitrogen and oxygen atoms in total. The first-order valence-corrected chi connectivity index (χ1v) is 10.5. The number of hydrogen-bond donors (Lipinski definition) is 0. The zero-order valence-corrected chi connectivity index (χ0v) is 17.2. The van der Waals surface area contributed by atoms with Gasteiger partial charge in [-0.1, -0.05) is 23.4 Å². The number of piperidine rings is 1. The van der Waals surface area contributed by atoms with Gasteiger partial charge in [0, 0.05) is 24.7 Å². The maximum Gasteiger partial charge on any atom is 0.159 e. The molecule has 5 heteroatoms. The molecule has 0 N–H and O–H groups in total. The number of benzene rings is 2. The summed E-state index contributed by atoms with van der Waals surface area (Å²) >= 11 is 0. The summed E-state index contributed by atoms with van der Waals surface area (Å²) in [5.74, 6) is 3.94. The molecule has 2 aliphatic heterocycles. The Bertz CT molecular complexity index is 1010. The molecule has 0 amide bonds. The number of ether oxygens (including phenoxy) is 2. The predicted octanol–water partition coefficient (Wildman–Crippen LogP) is 4.89. The van der Waals surface area contributed by atoms with Gasteiger partial charge in [-0.15, -0.1) is 0 Å². The van der Waals surface area contributed by atoms with Crippen molar-refractivity contribution < 1.29 is 14.0 Å². The van der Waals surface area contributed by atoms with Gasteiger partial charge in [-0.25, -0.2) is 0 Å². The average Bonchev–Trinajstić information content (AvgIpc) is 3.54. The van der Waals surface area contributed by atoms with Crippen molar-refractivity contribution in [3.8, 4) is 22.8 Å². The summed E-state index contributed by atoms with van der Waals surface area (Å²) in [5.41, 5.74) is 2.95. The second-order valence-electron chi connectivity index (χ2n) is 8.11. The quantitative estimate of drug-likeness (QED) is 0.563. The van der Waals surface area contributed by atoms with Gasteiger partial charge >= 0.3 is 0 Å². The molecule has 2 fully saturated rings. The number of fused-ring (bicyclic) bond motifs is 2. The van der Waals surface area contributed by atoms with E-state index in [1.807, 2.05) is 54.6 Å². The molecule has 5 rings (SSSR count). The summed E-state index contributed by atoms with van der Waals surface area (Å²) in [6.45, 7) is 4.22. The summed E-state index contributed by atoms with van der Waals surface area (Å²) in [6, 6.07) is 17.8. The number of methoxy groups -OCH3 is 1. The molecule has 2 aromatic carbocycles. The highest BCUT2D eigenvalue weighted by molar-refractivity contribution is 5.62. The van der Waals surface area contributed by atoms with Crippen molar-refractivity contribution in [3.63, 3.8) is 0 Å². The van der Waals surface area contributed by atoms with Gasteiger partial charge in [0.05, 0.1) is 7.11 Å². The summed E-state index contributed by atoms with van der Waals surface area (Å²) < 4.78 is 16.6. The monoisotopic (exact) mass is 402 g/mol. The topological polar surface area (TPSA) is 47.7 Å². The number of hydrogen-bond acceptors (Lipinski definition) is 5. The Kier molecular flexibility index (Phi) is 5.28. The first-order chi connectivity index (χ1) is 14.8. The maximum atomic E-state index is 5.88. The van der Waals surface area contributed by atoms with E-state index in [4.69, 9.17) is 14.0 Å². The van der Waals surface area contributed by atoms with Gasteiger partial charge in [-0.3, -0.25) is 0 Å². The second-order valence-corrected chi connectivity index (χ2v) is 8.11. The zero-order valence-electron chi connectivity index (χ0n) is 17.2. The van der Waals surface area contributed by atoms with E-state index in [0.717, 1.165) is 40.0 Å². The van der Waals surface area contributed by atoms with Crippen LogP contribution in [0.1, 0.15) is 17.7 Å². The van der Waals surface area contributed by atoms with E-state index < -0.39 is 0 Å². The van der Waals surface area contributed by atoms with Crippen LogP contribution in [-0.2, 0) is 6.61 Å². The van der Waals surface area contributed by atoms with Gasteiger partial charge in [0.15, 0.2) is 5.76 Å². The third-order valence-electron chi connectivity index (χ3n) is 6.13. The summed E-state index contributed by atoms with van der Waals surface area (Å²) in [5, 5.41) is 4.23. The van der Waals surface area contributed by atoms with E-state index in [1.54, 1.807) is 7.11 Å². The van der Waals surface area contributed by atoms with Crippen LogP contribution < -0.4 is 9.47 Å². The van der Waals surface area contributed by atoms with Crippen LogP contribution in [0.25, 0.3) is 17.3 Å². The fourth-order valence-electron chi connectivity index (χ4n) is 4.38. The van der Waals surface area contributed by atoms with Crippen LogP contribution in [0.5, 0.6) is 11.5 Å². The zero-order chi connectivity index (χ0) is 20.3. The molecule has 3 aromatic rings. The molecular formula is C25H26N2O3. The highest BCUT2D eigenvalue weighted by Crippen LogP contribution is 2.34. The van der Waals surface area contributed by atoms with Crippen molar-refractivity contribution in [1.82, 2.24) is 10.1 Å². The lowest BCUT2D eigenvalue weighted by molar-refractivity contribution is 0.306. The minimum absolute atomic E-state index is 0.516. The van der Waals surface area contributed by atoms with Crippen molar-refractivity contribution >= 4 is 6.08 Å². The summed E-state index contributed by atoms with van der Waals surface area (Å²) in [4.78, 5) is 2.55. The van der Waals surface area contributed by atoms with E-state index in [-0.39, 0.29) is 0 Å². The molecule has 0 aliphatic carbocycles. The minimum atomic E-state index is 0.516. The highest BCUT2D eigenvalue weighted by Gasteiger charge is 2.36. The van der Waals surface area contributed by atoms with Crippen LogP contribution in [0.3, 0.4) is 0 Å². The van der Waals surface area contributed by atoms with Crippen LogP contribution in [0.4, 0.5) is 0 Å². The van der Waals surface area contributed by atoms with Crippen LogP contribution >= 0.6 is 0 Å². The van der Waals surface area contributed by atoms with Gasteiger partial charge in [0.25, 0.3) is 0 Å². The Morgan fingerprint density at radius 2 is 1.87 bits per heavy atom. The minimum Gasteiger partial charge on any atom is -0.497 e. The molecular weight excluding hydrogens is 376 g/mol. The highest BCUT2D eigenvalue weighted by atomic mass is 16.5. The molecule has 2 saturated heterocycles. The largest absolute Gasteiger partial charge is 0.497 e. The third kappa shape index (κ3) is 4.12. The van der Waals surface area contributed by atoms with E-state index in [0.29, 0.717) is 12.5 Å². The van der Waals surface area contributed by atoms with Gasteiger partial charge in [0.2, 0.25) is 0 Å². The number of aromatic nitrogens is 1. The molecule has 3 heterocycles. The fraction of sp³-hybridized carbons (Fsp3) is 0.320. The fourth-order valence-corrected chi connectivity index (χ4v) is 4.38. The molecule has 1 aromatic heterocycles. The predicted molar refractivity (Wildman–Crippen MR) is 116 cm³/mol. The van der Waals surface area contributed by atoms with Gasteiger partial charge in [-0.2, -0.15) is 0 Å². The maximum absolute atomic E-state index is 5.88. The van der Waals surface area contributed by atoms with Gasteiger partial charge in [0.1, 0.15) is 23.8 Å². The summed E-state index contributed by atoms with van der Waals surface area (Å²) in [6.07, 6.45) is 5.70. The van der Waals surface area contributed by atoms with E-state index >= 15 is 0 Å². The lowest BCUT2D eigenvalue weighted by Gasteiger charge is -2.18. The smallest absolute Gasteiger partial charge is 0.159 e. The van der Waals surface area contributed by atoms with E-state index in [2.05, 4.69) is 22.2 Å². The molecule has 2 aliphatic rings.